The Morgan fingerprint density at radius 1 is 1.06 bits per heavy atom. The number of nitrogens with zero attached hydrogens (tertiary/aromatic N) is 3. The number of hydrogen-bond acceptors (Lipinski definition) is 4. The molecule has 0 atom stereocenters. The molecule has 0 aliphatic rings. The van der Waals surface area contributed by atoms with Crippen molar-refractivity contribution in [2.45, 2.75) is 12.8 Å². The van der Waals surface area contributed by atoms with Crippen LogP contribution in [-0.4, -0.2) is 18.2 Å². The molecule has 16 heavy (non-hydrogen) atoms. The van der Waals surface area contributed by atoms with Crippen LogP contribution in [0.3, 0.4) is 0 Å². The molecule has 1 rings (SSSR count). The summed E-state index contributed by atoms with van der Waals surface area (Å²) in [5.74, 6) is 0.179. The third-order valence-electron chi connectivity index (χ3n) is 2.21. The van der Waals surface area contributed by atoms with Gasteiger partial charge in [-0.3, -0.25) is 0 Å². The van der Waals surface area contributed by atoms with Gasteiger partial charge in [-0.05, 0) is 12.1 Å². The van der Waals surface area contributed by atoms with Crippen molar-refractivity contribution < 1.29 is 5.11 Å². The summed E-state index contributed by atoms with van der Waals surface area (Å²) in [4.78, 5) is 1.85. The Balaban J connectivity index is 2.80. The minimum Gasteiger partial charge on any atom is -0.506 e. The molecular formula is C12H13N3O. The van der Waals surface area contributed by atoms with Crippen molar-refractivity contribution in [3.05, 3.63) is 24.3 Å². The molecule has 0 aromatic heterocycles. The van der Waals surface area contributed by atoms with Crippen LogP contribution in [0, 0.1) is 22.7 Å². The first-order valence-electron chi connectivity index (χ1n) is 5.06. The topological polar surface area (TPSA) is 71.0 Å². The maximum absolute atomic E-state index is 9.67. The Labute approximate surface area is 95.0 Å². The number of hydrogen-bond donors (Lipinski definition) is 1. The second-order valence-electron chi connectivity index (χ2n) is 3.29. The number of nitriles is 2. The molecule has 0 aliphatic carbocycles. The Morgan fingerprint density at radius 2 is 1.62 bits per heavy atom. The number of anilines is 1. The van der Waals surface area contributed by atoms with Crippen molar-refractivity contribution in [1.82, 2.24) is 0 Å². The summed E-state index contributed by atoms with van der Waals surface area (Å²) < 4.78 is 0. The molecule has 0 unspecified atom stereocenters. The average molecular weight is 215 g/mol. The molecule has 1 aromatic rings. The lowest BCUT2D eigenvalue weighted by Crippen LogP contribution is -2.25. The van der Waals surface area contributed by atoms with Gasteiger partial charge in [-0.15, -0.1) is 0 Å². The molecule has 0 amide bonds. The van der Waals surface area contributed by atoms with Gasteiger partial charge in [-0.25, -0.2) is 0 Å². The highest BCUT2D eigenvalue weighted by Gasteiger charge is 2.09. The fourth-order valence-electron chi connectivity index (χ4n) is 1.45. The molecule has 82 valence electrons. The molecule has 0 saturated heterocycles. The molecule has 0 bridgehead atoms. The molecule has 4 nitrogen and oxygen atoms in total. The lowest BCUT2D eigenvalue weighted by molar-refractivity contribution is 0.474. The van der Waals surface area contributed by atoms with Gasteiger partial charge in [0, 0.05) is 13.1 Å². The molecule has 0 fully saturated rings. The Morgan fingerprint density at radius 3 is 2.12 bits per heavy atom. The second kappa shape index (κ2) is 6.31. The van der Waals surface area contributed by atoms with Crippen molar-refractivity contribution in [3.8, 4) is 17.9 Å². The maximum atomic E-state index is 9.67. The Hall–Kier alpha value is -2.20. The van der Waals surface area contributed by atoms with Gasteiger partial charge in [0.05, 0.1) is 30.7 Å². The van der Waals surface area contributed by atoms with Crippen LogP contribution in [0.25, 0.3) is 0 Å². The molecule has 1 N–H and O–H groups in total. The van der Waals surface area contributed by atoms with Crippen molar-refractivity contribution in [3.63, 3.8) is 0 Å². The highest BCUT2D eigenvalue weighted by atomic mass is 16.3. The number of para-hydroxylation sites is 2. The van der Waals surface area contributed by atoms with E-state index in [2.05, 4.69) is 12.1 Å². The van der Waals surface area contributed by atoms with Crippen LogP contribution in [0.15, 0.2) is 24.3 Å². The highest BCUT2D eigenvalue weighted by molar-refractivity contribution is 5.57. The number of phenolic OH excluding ortho intramolecular Hbond substituents is 1. The van der Waals surface area contributed by atoms with E-state index in [0.717, 1.165) is 0 Å². The van der Waals surface area contributed by atoms with Gasteiger partial charge in [0.15, 0.2) is 0 Å². The van der Waals surface area contributed by atoms with E-state index in [0.29, 0.717) is 31.6 Å². The molecule has 0 aliphatic heterocycles. The monoisotopic (exact) mass is 215 g/mol. The normalized spacial score (nSPS) is 9.12. The Bertz CT molecular complexity index is 399. The third-order valence-corrected chi connectivity index (χ3v) is 2.21. The van der Waals surface area contributed by atoms with Crippen LogP contribution in [0.4, 0.5) is 5.69 Å². The predicted octanol–water partition coefficient (Wildman–Crippen LogP) is 2.03. The van der Waals surface area contributed by atoms with Crippen LogP contribution >= 0.6 is 0 Å². The predicted molar refractivity (Wildman–Crippen MR) is 60.8 cm³/mol. The molecule has 0 spiro atoms. The fraction of sp³-hybridized carbons (Fsp3) is 0.333. The van der Waals surface area contributed by atoms with Gasteiger partial charge < -0.3 is 10.0 Å². The zero-order valence-electron chi connectivity index (χ0n) is 8.93. The van der Waals surface area contributed by atoms with Gasteiger partial charge in [-0.2, -0.15) is 10.5 Å². The molecule has 0 heterocycles. The molecule has 0 saturated carbocycles. The van der Waals surface area contributed by atoms with E-state index in [-0.39, 0.29) is 5.75 Å². The summed E-state index contributed by atoms with van der Waals surface area (Å²) in [5.41, 5.74) is 0.674. The molecule has 4 heteroatoms. The summed E-state index contributed by atoms with van der Waals surface area (Å²) in [6.07, 6.45) is 0.750. The highest BCUT2D eigenvalue weighted by Crippen LogP contribution is 2.26. The molecule has 0 radical (unpaired) electrons. The average Bonchev–Trinajstić information content (AvgIpc) is 2.31. The van der Waals surface area contributed by atoms with E-state index in [4.69, 9.17) is 10.5 Å². The maximum Gasteiger partial charge on any atom is 0.138 e. The number of benzene rings is 1. The van der Waals surface area contributed by atoms with Crippen LogP contribution < -0.4 is 4.90 Å². The van der Waals surface area contributed by atoms with Gasteiger partial charge >= 0.3 is 0 Å². The van der Waals surface area contributed by atoms with E-state index >= 15 is 0 Å². The molecule has 1 aromatic carbocycles. The van der Waals surface area contributed by atoms with E-state index < -0.39 is 0 Å². The zero-order valence-corrected chi connectivity index (χ0v) is 8.93. The number of phenols is 1. The fourth-order valence-corrected chi connectivity index (χ4v) is 1.45. The largest absolute Gasteiger partial charge is 0.506 e. The van der Waals surface area contributed by atoms with Crippen LogP contribution in [0.1, 0.15) is 12.8 Å². The van der Waals surface area contributed by atoms with Crippen molar-refractivity contribution in [2.75, 3.05) is 18.0 Å². The zero-order chi connectivity index (χ0) is 11.8. The number of rotatable bonds is 5. The summed E-state index contributed by atoms with van der Waals surface area (Å²) in [7, 11) is 0. The first kappa shape index (κ1) is 11.9. The van der Waals surface area contributed by atoms with Gasteiger partial charge in [0.2, 0.25) is 0 Å². The summed E-state index contributed by atoms with van der Waals surface area (Å²) in [5, 5.41) is 26.8. The van der Waals surface area contributed by atoms with E-state index in [1.165, 1.54) is 0 Å². The van der Waals surface area contributed by atoms with Crippen molar-refractivity contribution in [2.24, 2.45) is 0 Å². The van der Waals surface area contributed by atoms with E-state index in [1.807, 2.05) is 11.0 Å². The Kier molecular flexibility index (Phi) is 4.69. The SMILES string of the molecule is N#CCCN(CCC#N)c1ccccc1O. The summed E-state index contributed by atoms with van der Waals surface area (Å²) in [6.45, 7) is 1.05. The van der Waals surface area contributed by atoms with Gasteiger partial charge in [-0.1, -0.05) is 12.1 Å². The van der Waals surface area contributed by atoms with E-state index in [1.54, 1.807) is 18.2 Å². The smallest absolute Gasteiger partial charge is 0.138 e. The second-order valence-corrected chi connectivity index (χ2v) is 3.29. The standard InChI is InChI=1S/C12H13N3O/c13-7-3-9-15(10-4-8-14)11-5-1-2-6-12(11)16/h1-2,5-6,16H,3-4,9-10H2. The lowest BCUT2D eigenvalue weighted by atomic mass is 10.2. The first-order chi connectivity index (χ1) is 7.79. The van der Waals surface area contributed by atoms with Crippen molar-refractivity contribution >= 4 is 5.69 Å². The van der Waals surface area contributed by atoms with E-state index in [9.17, 15) is 5.11 Å². The summed E-state index contributed by atoms with van der Waals surface area (Å²) in [6, 6.07) is 11.1. The van der Waals surface area contributed by atoms with Crippen LogP contribution in [0.2, 0.25) is 0 Å². The first-order valence-corrected chi connectivity index (χ1v) is 5.06. The van der Waals surface area contributed by atoms with Gasteiger partial charge in [0.25, 0.3) is 0 Å². The third kappa shape index (κ3) is 3.18. The van der Waals surface area contributed by atoms with Crippen molar-refractivity contribution in [1.29, 1.82) is 10.5 Å². The minimum absolute atomic E-state index is 0.179. The number of aromatic hydroxyl groups is 1. The molecular weight excluding hydrogens is 202 g/mol. The van der Waals surface area contributed by atoms with Crippen LogP contribution in [0.5, 0.6) is 5.75 Å². The minimum atomic E-state index is 0.179. The van der Waals surface area contributed by atoms with Crippen LogP contribution in [-0.2, 0) is 0 Å². The van der Waals surface area contributed by atoms with Gasteiger partial charge in [0.1, 0.15) is 5.75 Å². The lowest BCUT2D eigenvalue weighted by Gasteiger charge is -2.23. The quantitative estimate of drug-likeness (QED) is 0.815. The summed E-state index contributed by atoms with van der Waals surface area (Å²) >= 11 is 0.